The van der Waals surface area contributed by atoms with E-state index in [0.29, 0.717) is 10.2 Å². The maximum atomic E-state index is 13.2. The van der Waals surface area contributed by atoms with Gasteiger partial charge in [-0.3, -0.25) is 10.1 Å². The van der Waals surface area contributed by atoms with Crippen LogP contribution in [0.5, 0.6) is 5.75 Å². The van der Waals surface area contributed by atoms with E-state index >= 15 is 0 Å². The Morgan fingerprint density at radius 3 is 2.38 bits per heavy atom. The van der Waals surface area contributed by atoms with Crippen molar-refractivity contribution < 1.29 is 18.8 Å². The second-order valence-corrected chi connectivity index (χ2v) is 5.04. The standard InChI is InChI=1S/C13H9BrF2N2O3/c14-9-5-8(1-2-12(9)18(20)21)17-6-7-3-10(15)13(19)11(16)4-7/h1-5,17,19H,6H2. The Kier molecular flexibility index (Phi) is 4.37. The van der Waals surface area contributed by atoms with E-state index in [0.717, 1.165) is 12.1 Å². The number of anilines is 1. The van der Waals surface area contributed by atoms with Crippen LogP contribution in [0, 0.1) is 21.7 Å². The largest absolute Gasteiger partial charge is 0.503 e. The quantitative estimate of drug-likeness (QED) is 0.640. The minimum absolute atomic E-state index is 0.0812. The van der Waals surface area contributed by atoms with Crippen LogP contribution >= 0.6 is 15.9 Å². The second kappa shape index (κ2) is 6.04. The van der Waals surface area contributed by atoms with Gasteiger partial charge in [-0.2, -0.15) is 0 Å². The Morgan fingerprint density at radius 1 is 1.24 bits per heavy atom. The van der Waals surface area contributed by atoms with Gasteiger partial charge in [0, 0.05) is 18.3 Å². The number of nitro groups is 1. The number of nitrogens with zero attached hydrogens (tertiary/aromatic N) is 1. The maximum Gasteiger partial charge on any atom is 0.283 e. The summed E-state index contributed by atoms with van der Waals surface area (Å²) in [6.45, 7) is 0.0956. The van der Waals surface area contributed by atoms with Crippen molar-refractivity contribution in [2.45, 2.75) is 6.54 Å². The molecule has 0 saturated carbocycles. The number of aromatic hydroxyl groups is 1. The first kappa shape index (κ1) is 15.2. The topological polar surface area (TPSA) is 75.4 Å². The van der Waals surface area contributed by atoms with Crippen molar-refractivity contribution in [2.24, 2.45) is 0 Å². The monoisotopic (exact) mass is 358 g/mol. The molecule has 0 heterocycles. The summed E-state index contributed by atoms with van der Waals surface area (Å²) in [5.74, 6) is -3.11. The summed E-state index contributed by atoms with van der Waals surface area (Å²) in [7, 11) is 0. The van der Waals surface area contributed by atoms with Crippen LogP contribution in [0.25, 0.3) is 0 Å². The van der Waals surface area contributed by atoms with Crippen LogP contribution in [0.15, 0.2) is 34.8 Å². The number of phenols is 1. The zero-order valence-corrected chi connectivity index (χ0v) is 12.0. The molecule has 2 aromatic rings. The average Bonchev–Trinajstić information content (AvgIpc) is 2.42. The van der Waals surface area contributed by atoms with E-state index in [-0.39, 0.29) is 17.8 Å². The van der Waals surface area contributed by atoms with Gasteiger partial charge in [-0.25, -0.2) is 8.78 Å². The number of hydrogen-bond donors (Lipinski definition) is 2. The minimum Gasteiger partial charge on any atom is -0.503 e. The fourth-order valence-electron chi connectivity index (χ4n) is 1.69. The molecule has 0 aliphatic heterocycles. The number of halogens is 3. The summed E-state index contributed by atoms with van der Waals surface area (Å²) in [5.41, 5.74) is 0.751. The van der Waals surface area contributed by atoms with Crippen LogP contribution in [-0.4, -0.2) is 10.0 Å². The molecule has 0 unspecified atom stereocenters. The number of benzene rings is 2. The summed E-state index contributed by atoms with van der Waals surface area (Å²) in [4.78, 5) is 10.1. The highest BCUT2D eigenvalue weighted by Crippen LogP contribution is 2.28. The van der Waals surface area contributed by atoms with Crippen molar-refractivity contribution >= 4 is 27.3 Å². The van der Waals surface area contributed by atoms with Crippen LogP contribution in [0.3, 0.4) is 0 Å². The lowest BCUT2D eigenvalue weighted by Gasteiger charge is -2.08. The van der Waals surface area contributed by atoms with Crippen LogP contribution < -0.4 is 5.32 Å². The van der Waals surface area contributed by atoms with Gasteiger partial charge in [0.15, 0.2) is 17.4 Å². The number of nitrogens with one attached hydrogen (secondary N) is 1. The molecule has 2 aromatic carbocycles. The van der Waals surface area contributed by atoms with E-state index in [9.17, 15) is 18.9 Å². The molecule has 0 aliphatic carbocycles. The van der Waals surface area contributed by atoms with E-state index in [1.165, 1.54) is 18.2 Å². The number of rotatable bonds is 4. The fraction of sp³-hybridized carbons (Fsp3) is 0.0769. The second-order valence-electron chi connectivity index (χ2n) is 4.18. The smallest absolute Gasteiger partial charge is 0.283 e. The first-order chi connectivity index (χ1) is 9.88. The molecule has 0 bridgehead atoms. The molecule has 0 amide bonds. The lowest BCUT2D eigenvalue weighted by molar-refractivity contribution is -0.385. The van der Waals surface area contributed by atoms with E-state index in [4.69, 9.17) is 5.11 Å². The summed E-state index contributed by atoms with van der Waals surface area (Å²) in [5, 5.41) is 22.5. The molecule has 0 spiro atoms. The molecular weight excluding hydrogens is 350 g/mol. The Balaban J connectivity index is 2.13. The molecule has 21 heavy (non-hydrogen) atoms. The average molecular weight is 359 g/mol. The molecular formula is C13H9BrF2N2O3. The molecule has 0 radical (unpaired) electrons. The number of phenolic OH excluding ortho intramolecular Hbond substituents is 1. The van der Waals surface area contributed by atoms with Crippen LogP contribution in [0.4, 0.5) is 20.2 Å². The molecule has 5 nitrogen and oxygen atoms in total. The highest BCUT2D eigenvalue weighted by Gasteiger charge is 2.12. The molecule has 0 fully saturated rings. The SMILES string of the molecule is O=[N+]([O-])c1ccc(NCc2cc(F)c(O)c(F)c2)cc1Br. The first-order valence-electron chi connectivity index (χ1n) is 5.73. The van der Waals surface area contributed by atoms with Crippen LogP contribution in [0.1, 0.15) is 5.56 Å². The van der Waals surface area contributed by atoms with Gasteiger partial charge in [-0.05, 0) is 45.8 Å². The van der Waals surface area contributed by atoms with E-state index in [2.05, 4.69) is 21.2 Å². The maximum absolute atomic E-state index is 13.2. The van der Waals surface area contributed by atoms with E-state index < -0.39 is 22.3 Å². The van der Waals surface area contributed by atoms with Crippen LogP contribution in [0.2, 0.25) is 0 Å². The third-order valence-corrected chi connectivity index (χ3v) is 3.35. The summed E-state index contributed by atoms with van der Waals surface area (Å²) >= 11 is 3.07. The summed E-state index contributed by atoms with van der Waals surface area (Å²) in [6.07, 6.45) is 0. The molecule has 0 aromatic heterocycles. The first-order valence-corrected chi connectivity index (χ1v) is 6.52. The zero-order chi connectivity index (χ0) is 15.6. The van der Waals surface area contributed by atoms with Gasteiger partial charge in [-0.15, -0.1) is 0 Å². The van der Waals surface area contributed by atoms with Gasteiger partial charge in [-0.1, -0.05) is 0 Å². The van der Waals surface area contributed by atoms with Crippen molar-refractivity contribution in [2.75, 3.05) is 5.32 Å². The van der Waals surface area contributed by atoms with Crippen molar-refractivity contribution in [1.29, 1.82) is 0 Å². The summed E-state index contributed by atoms with van der Waals surface area (Å²) < 4.78 is 26.6. The van der Waals surface area contributed by atoms with Gasteiger partial charge < -0.3 is 10.4 Å². The molecule has 110 valence electrons. The lowest BCUT2D eigenvalue weighted by Crippen LogP contribution is -2.01. The lowest BCUT2D eigenvalue weighted by atomic mass is 10.2. The van der Waals surface area contributed by atoms with Gasteiger partial charge in [0.25, 0.3) is 5.69 Å². The normalized spacial score (nSPS) is 10.4. The van der Waals surface area contributed by atoms with E-state index in [1.54, 1.807) is 0 Å². The minimum atomic E-state index is -1.04. The van der Waals surface area contributed by atoms with Crippen molar-refractivity contribution in [3.63, 3.8) is 0 Å². The van der Waals surface area contributed by atoms with Crippen LogP contribution in [-0.2, 0) is 6.54 Å². The molecule has 0 aliphatic rings. The summed E-state index contributed by atoms with van der Waals surface area (Å²) in [6, 6.07) is 6.30. The molecule has 8 heteroatoms. The van der Waals surface area contributed by atoms with Crippen molar-refractivity contribution in [3.8, 4) is 5.75 Å². The Labute approximate surface area is 126 Å². The molecule has 2 N–H and O–H groups in total. The van der Waals surface area contributed by atoms with Gasteiger partial charge in [0.2, 0.25) is 0 Å². The molecule has 0 atom stereocenters. The van der Waals surface area contributed by atoms with E-state index in [1.807, 2.05) is 0 Å². The third kappa shape index (κ3) is 3.46. The Morgan fingerprint density at radius 2 is 1.86 bits per heavy atom. The third-order valence-electron chi connectivity index (χ3n) is 2.72. The highest BCUT2D eigenvalue weighted by molar-refractivity contribution is 9.10. The molecule has 2 rings (SSSR count). The number of hydrogen-bond acceptors (Lipinski definition) is 4. The Bertz CT molecular complexity index is 687. The Hall–Kier alpha value is -2.22. The predicted octanol–water partition coefficient (Wildman–Crippen LogP) is 3.95. The van der Waals surface area contributed by atoms with Gasteiger partial charge >= 0.3 is 0 Å². The number of nitro benzene ring substituents is 1. The fourth-order valence-corrected chi connectivity index (χ4v) is 2.21. The van der Waals surface area contributed by atoms with Crippen molar-refractivity contribution in [3.05, 3.63) is 62.1 Å². The predicted molar refractivity (Wildman–Crippen MR) is 76.1 cm³/mol. The van der Waals surface area contributed by atoms with Gasteiger partial charge in [0.1, 0.15) is 0 Å². The highest BCUT2D eigenvalue weighted by atomic mass is 79.9. The molecule has 0 saturated heterocycles. The zero-order valence-electron chi connectivity index (χ0n) is 10.4. The van der Waals surface area contributed by atoms with Gasteiger partial charge in [0.05, 0.1) is 9.40 Å². The van der Waals surface area contributed by atoms with Crippen molar-refractivity contribution in [1.82, 2.24) is 0 Å².